The van der Waals surface area contributed by atoms with Crippen LogP contribution in [0.4, 0.5) is 0 Å². The van der Waals surface area contributed by atoms with Gasteiger partial charge in [-0.25, -0.2) is 0 Å². The van der Waals surface area contributed by atoms with Gasteiger partial charge in [-0.2, -0.15) is 0 Å². The standard InChI is InChI=1S/C18H24O3/c1-14(2)11-12-20-17-10-9-16(21-18(17)13-19-3)15-7-5-4-6-8-15/h4-11,16-18H,12-13H2,1-3H3. The van der Waals surface area contributed by atoms with Crippen LogP contribution in [0.3, 0.4) is 0 Å². The van der Waals surface area contributed by atoms with Crippen molar-refractivity contribution in [3.63, 3.8) is 0 Å². The minimum absolute atomic E-state index is 0.0327. The molecule has 3 atom stereocenters. The Morgan fingerprint density at radius 2 is 1.95 bits per heavy atom. The van der Waals surface area contributed by atoms with Crippen LogP contribution in [0.2, 0.25) is 0 Å². The summed E-state index contributed by atoms with van der Waals surface area (Å²) in [4.78, 5) is 0. The maximum atomic E-state index is 6.13. The smallest absolute Gasteiger partial charge is 0.112 e. The molecule has 0 aliphatic carbocycles. The third-order valence-electron chi connectivity index (χ3n) is 3.40. The topological polar surface area (TPSA) is 27.7 Å². The molecule has 0 amide bonds. The van der Waals surface area contributed by atoms with E-state index in [9.17, 15) is 0 Å². The molecule has 0 saturated carbocycles. The Balaban J connectivity index is 2.03. The molecule has 1 heterocycles. The minimum atomic E-state index is -0.0873. The molecule has 3 unspecified atom stereocenters. The van der Waals surface area contributed by atoms with Gasteiger partial charge < -0.3 is 14.2 Å². The van der Waals surface area contributed by atoms with Crippen molar-refractivity contribution in [1.29, 1.82) is 0 Å². The summed E-state index contributed by atoms with van der Waals surface area (Å²) in [6, 6.07) is 10.2. The van der Waals surface area contributed by atoms with E-state index in [1.807, 2.05) is 18.2 Å². The SMILES string of the molecule is COCC1OC(c2ccccc2)C=CC1OCC=C(C)C. The molecular formula is C18H24O3. The number of ether oxygens (including phenoxy) is 3. The van der Waals surface area contributed by atoms with Gasteiger partial charge in [0.15, 0.2) is 0 Å². The van der Waals surface area contributed by atoms with Crippen LogP contribution in [0, 0.1) is 0 Å². The van der Waals surface area contributed by atoms with Gasteiger partial charge in [0.2, 0.25) is 0 Å². The molecule has 114 valence electrons. The number of hydrogen-bond donors (Lipinski definition) is 0. The molecule has 0 N–H and O–H groups in total. The summed E-state index contributed by atoms with van der Waals surface area (Å²) in [7, 11) is 1.69. The van der Waals surface area contributed by atoms with E-state index >= 15 is 0 Å². The van der Waals surface area contributed by atoms with E-state index in [0.29, 0.717) is 13.2 Å². The van der Waals surface area contributed by atoms with E-state index in [2.05, 4.69) is 44.2 Å². The van der Waals surface area contributed by atoms with E-state index in [4.69, 9.17) is 14.2 Å². The van der Waals surface area contributed by atoms with Crippen molar-refractivity contribution in [1.82, 2.24) is 0 Å². The van der Waals surface area contributed by atoms with Crippen molar-refractivity contribution >= 4 is 0 Å². The lowest BCUT2D eigenvalue weighted by Crippen LogP contribution is -2.37. The molecule has 0 spiro atoms. The van der Waals surface area contributed by atoms with E-state index in [-0.39, 0.29) is 18.3 Å². The fraction of sp³-hybridized carbons (Fsp3) is 0.444. The number of benzene rings is 1. The first-order valence-electron chi connectivity index (χ1n) is 7.33. The highest BCUT2D eigenvalue weighted by Crippen LogP contribution is 2.27. The molecule has 3 nitrogen and oxygen atoms in total. The van der Waals surface area contributed by atoms with E-state index in [1.165, 1.54) is 5.57 Å². The molecule has 1 aromatic carbocycles. The second-order valence-corrected chi connectivity index (χ2v) is 5.43. The van der Waals surface area contributed by atoms with Gasteiger partial charge in [-0.05, 0) is 19.4 Å². The zero-order chi connectivity index (χ0) is 15.1. The van der Waals surface area contributed by atoms with Crippen LogP contribution in [0.1, 0.15) is 25.5 Å². The summed E-state index contributed by atoms with van der Waals surface area (Å²) in [5.41, 5.74) is 2.40. The van der Waals surface area contributed by atoms with Gasteiger partial charge in [0.05, 0.1) is 13.2 Å². The first-order chi connectivity index (χ1) is 10.2. The van der Waals surface area contributed by atoms with Gasteiger partial charge in [0, 0.05) is 7.11 Å². The summed E-state index contributed by atoms with van der Waals surface area (Å²) in [6.45, 7) is 5.24. The van der Waals surface area contributed by atoms with E-state index in [1.54, 1.807) is 7.11 Å². The lowest BCUT2D eigenvalue weighted by atomic mass is 10.0. The molecule has 0 bridgehead atoms. The zero-order valence-electron chi connectivity index (χ0n) is 13.0. The minimum Gasteiger partial charge on any atom is -0.382 e. The first-order valence-corrected chi connectivity index (χ1v) is 7.33. The predicted molar refractivity (Wildman–Crippen MR) is 84.2 cm³/mol. The Bertz CT molecular complexity index is 474. The highest BCUT2D eigenvalue weighted by Gasteiger charge is 2.28. The van der Waals surface area contributed by atoms with Gasteiger partial charge in [0.25, 0.3) is 0 Å². The van der Waals surface area contributed by atoms with Crippen LogP contribution in [0.15, 0.2) is 54.1 Å². The molecule has 0 saturated heterocycles. The van der Waals surface area contributed by atoms with Crippen LogP contribution in [-0.2, 0) is 14.2 Å². The summed E-state index contributed by atoms with van der Waals surface area (Å²) < 4.78 is 17.3. The molecular weight excluding hydrogens is 264 g/mol. The van der Waals surface area contributed by atoms with Crippen LogP contribution in [0.25, 0.3) is 0 Å². The zero-order valence-corrected chi connectivity index (χ0v) is 13.0. The van der Waals surface area contributed by atoms with Crippen LogP contribution in [0.5, 0.6) is 0 Å². The summed E-state index contributed by atoms with van der Waals surface area (Å²) in [5.74, 6) is 0. The molecule has 0 radical (unpaired) electrons. The molecule has 1 aliphatic rings. The number of rotatable bonds is 6. The maximum absolute atomic E-state index is 6.13. The summed E-state index contributed by atoms with van der Waals surface area (Å²) in [5, 5.41) is 0. The van der Waals surface area contributed by atoms with Gasteiger partial charge in [-0.15, -0.1) is 0 Å². The average molecular weight is 288 g/mol. The van der Waals surface area contributed by atoms with Crippen LogP contribution < -0.4 is 0 Å². The summed E-state index contributed by atoms with van der Waals surface area (Å²) >= 11 is 0. The quantitative estimate of drug-likeness (QED) is 0.747. The van der Waals surface area contributed by atoms with Crippen LogP contribution in [-0.4, -0.2) is 32.5 Å². The number of methoxy groups -OCH3 is 1. The molecule has 0 aromatic heterocycles. The number of hydrogen-bond acceptors (Lipinski definition) is 3. The Morgan fingerprint density at radius 3 is 2.62 bits per heavy atom. The van der Waals surface area contributed by atoms with Crippen molar-refractivity contribution in [3.05, 3.63) is 59.7 Å². The van der Waals surface area contributed by atoms with Crippen molar-refractivity contribution < 1.29 is 14.2 Å². The Morgan fingerprint density at radius 1 is 1.19 bits per heavy atom. The van der Waals surface area contributed by atoms with Gasteiger partial charge >= 0.3 is 0 Å². The maximum Gasteiger partial charge on any atom is 0.112 e. The lowest BCUT2D eigenvalue weighted by molar-refractivity contribution is -0.104. The fourth-order valence-electron chi connectivity index (χ4n) is 2.27. The van der Waals surface area contributed by atoms with Crippen LogP contribution >= 0.6 is 0 Å². The number of allylic oxidation sites excluding steroid dienone is 1. The molecule has 21 heavy (non-hydrogen) atoms. The van der Waals surface area contributed by atoms with Crippen molar-refractivity contribution in [2.75, 3.05) is 20.3 Å². The Hall–Kier alpha value is -1.42. The Labute approximate surface area is 127 Å². The molecule has 3 heteroatoms. The largest absolute Gasteiger partial charge is 0.382 e. The second kappa shape index (κ2) is 8.13. The van der Waals surface area contributed by atoms with Crippen molar-refractivity contribution in [2.45, 2.75) is 32.2 Å². The van der Waals surface area contributed by atoms with Gasteiger partial charge in [0.1, 0.15) is 18.3 Å². The third kappa shape index (κ3) is 4.81. The van der Waals surface area contributed by atoms with Crippen molar-refractivity contribution in [3.8, 4) is 0 Å². The highest BCUT2D eigenvalue weighted by atomic mass is 16.6. The first kappa shape index (κ1) is 16.0. The predicted octanol–water partition coefficient (Wildman–Crippen LogP) is 3.68. The van der Waals surface area contributed by atoms with E-state index < -0.39 is 0 Å². The monoisotopic (exact) mass is 288 g/mol. The second-order valence-electron chi connectivity index (χ2n) is 5.43. The third-order valence-corrected chi connectivity index (χ3v) is 3.40. The fourth-order valence-corrected chi connectivity index (χ4v) is 2.27. The van der Waals surface area contributed by atoms with Crippen molar-refractivity contribution in [2.24, 2.45) is 0 Å². The highest BCUT2D eigenvalue weighted by molar-refractivity contribution is 5.23. The van der Waals surface area contributed by atoms with Gasteiger partial charge in [-0.3, -0.25) is 0 Å². The molecule has 1 aromatic rings. The molecule has 1 aliphatic heterocycles. The molecule has 2 rings (SSSR count). The Kier molecular flexibility index (Phi) is 6.18. The molecule has 0 fully saturated rings. The average Bonchev–Trinajstić information content (AvgIpc) is 2.49. The summed E-state index contributed by atoms with van der Waals surface area (Å²) in [6.07, 6.45) is 6.03. The normalized spacial score (nSPS) is 24.8. The van der Waals surface area contributed by atoms with Gasteiger partial charge in [-0.1, -0.05) is 54.1 Å². The van der Waals surface area contributed by atoms with E-state index in [0.717, 1.165) is 5.56 Å². The lowest BCUT2D eigenvalue weighted by Gasteiger charge is -2.32.